The smallest absolute Gasteiger partial charge is 0.294 e. The van der Waals surface area contributed by atoms with Gasteiger partial charge in [-0.15, -0.1) is 0 Å². The van der Waals surface area contributed by atoms with Gasteiger partial charge in [-0.25, -0.2) is 4.98 Å². The number of hydrogen-bond donors (Lipinski definition) is 2. The summed E-state index contributed by atoms with van der Waals surface area (Å²) in [5, 5.41) is 3.35. The Morgan fingerprint density at radius 2 is 1.73 bits per heavy atom. The third kappa shape index (κ3) is 3.77. The van der Waals surface area contributed by atoms with Crippen LogP contribution in [-0.2, 0) is 15.5 Å². The third-order valence-electron chi connectivity index (χ3n) is 5.13. The van der Waals surface area contributed by atoms with Crippen molar-refractivity contribution in [1.29, 1.82) is 0 Å². The van der Waals surface area contributed by atoms with Crippen molar-refractivity contribution < 1.29 is 22.1 Å². The van der Waals surface area contributed by atoms with Gasteiger partial charge in [-0.05, 0) is 29.2 Å². The molecule has 2 N–H and O–H groups in total. The molecule has 1 atom stereocenters. The van der Waals surface area contributed by atoms with Crippen molar-refractivity contribution in [1.82, 2.24) is 4.98 Å². The number of oxazole rings is 1. The fourth-order valence-electron chi connectivity index (χ4n) is 3.28. The molecule has 0 fully saturated rings. The average Bonchev–Trinajstić information content (AvgIpc) is 3.20. The molecule has 0 aliphatic carbocycles. The van der Waals surface area contributed by atoms with Crippen LogP contribution < -0.4 is 10.1 Å². The molecule has 1 aliphatic heterocycles. The van der Waals surface area contributed by atoms with Gasteiger partial charge in [0.05, 0.1) is 10.6 Å². The van der Waals surface area contributed by atoms with Crippen LogP contribution in [0.5, 0.6) is 5.75 Å². The standard InChI is InChI=1S/C22H26N2O5S/c1-21(2,3)13-7-12(8-14(9-13)30(25,26)27)19-23-15-10-18-16(11-17(15)28-19)24-20(29-18)22(4,5)6/h7-11,20,24H,1-6H3,(H,25,26,27). The second-order valence-corrected chi connectivity index (χ2v) is 11.2. The summed E-state index contributed by atoms with van der Waals surface area (Å²) in [6.45, 7) is 12.2. The van der Waals surface area contributed by atoms with Crippen molar-refractivity contribution in [3.63, 3.8) is 0 Å². The molecule has 1 unspecified atom stereocenters. The zero-order valence-electron chi connectivity index (χ0n) is 17.9. The van der Waals surface area contributed by atoms with Gasteiger partial charge in [0, 0.05) is 23.1 Å². The monoisotopic (exact) mass is 430 g/mol. The third-order valence-corrected chi connectivity index (χ3v) is 5.96. The van der Waals surface area contributed by atoms with Crippen molar-refractivity contribution in [2.75, 3.05) is 5.32 Å². The van der Waals surface area contributed by atoms with E-state index in [1.165, 1.54) is 12.1 Å². The van der Waals surface area contributed by atoms with E-state index in [0.717, 1.165) is 11.3 Å². The number of benzene rings is 2. The first-order valence-electron chi connectivity index (χ1n) is 9.73. The van der Waals surface area contributed by atoms with Gasteiger partial charge in [0.1, 0.15) is 11.3 Å². The van der Waals surface area contributed by atoms with Gasteiger partial charge in [0.2, 0.25) is 5.89 Å². The minimum Gasteiger partial charge on any atom is -0.468 e. The molecule has 3 aromatic rings. The Morgan fingerprint density at radius 1 is 1.03 bits per heavy atom. The van der Waals surface area contributed by atoms with Gasteiger partial charge >= 0.3 is 0 Å². The Hall–Kier alpha value is -2.58. The van der Waals surface area contributed by atoms with E-state index in [9.17, 15) is 13.0 Å². The molecule has 0 saturated carbocycles. The summed E-state index contributed by atoms with van der Waals surface area (Å²) in [6, 6.07) is 8.32. The lowest BCUT2D eigenvalue weighted by atomic mass is 9.86. The summed E-state index contributed by atoms with van der Waals surface area (Å²) in [5.74, 6) is 0.974. The molecule has 0 radical (unpaired) electrons. The number of ether oxygens (including phenoxy) is 1. The van der Waals surface area contributed by atoms with Gasteiger partial charge in [0.15, 0.2) is 11.8 Å². The van der Waals surface area contributed by atoms with Crippen LogP contribution in [0.4, 0.5) is 5.69 Å². The molecule has 0 saturated heterocycles. The van der Waals surface area contributed by atoms with Crippen molar-refractivity contribution in [3.05, 3.63) is 35.9 Å². The summed E-state index contributed by atoms with van der Waals surface area (Å²) >= 11 is 0. The van der Waals surface area contributed by atoms with E-state index in [1.807, 2.05) is 39.0 Å². The lowest BCUT2D eigenvalue weighted by molar-refractivity contribution is 0.127. The molecule has 1 aliphatic rings. The van der Waals surface area contributed by atoms with E-state index in [1.54, 1.807) is 0 Å². The molecule has 8 heteroatoms. The Bertz CT molecular complexity index is 1200. The van der Waals surface area contributed by atoms with Crippen LogP contribution in [0, 0.1) is 5.41 Å². The number of aromatic nitrogens is 1. The summed E-state index contributed by atoms with van der Waals surface area (Å²) in [4.78, 5) is 4.36. The normalized spacial score (nSPS) is 17.0. The molecule has 30 heavy (non-hydrogen) atoms. The van der Waals surface area contributed by atoms with E-state index in [-0.39, 0.29) is 27.8 Å². The zero-order chi connectivity index (χ0) is 22.1. The fraction of sp³-hybridized carbons (Fsp3) is 0.409. The van der Waals surface area contributed by atoms with Gasteiger partial charge in [-0.1, -0.05) is 41.5 Å². The first-order valence-corrected chi connectivity index (χ1v) is 11.2. The highest BCUT2D eigenvalue weighted by atomic mass is 32.2. The second kappa shape index (κ2) is 6.46. The topological polar surface area (TPSA) is 102 Å². The molecule has 2 heterocycles. The predicted molar refractivity (Wildman–Crippen MR) is 115 cm³/mol. The molecular formula is C22H26N2O5S. The molecule has 0 amide bonds. The van der Waals surface area contributed by atoms with E-state index >= 15 is 0 Å². The van der Waals surface area contributed by atoms with Crippen LogP contribution in [0.25, 0.3) is 22.6 Å². The van der Waals surface area contributed by atoms with Gasteiger partial charge in [-0.3, -0.25) is 4.55 Å². The average molecular weight is 431 g/mol. The molecule has 0 spiro atoms. The molecule has 160 valence electrons. The number of anilines is 1. The molecular weight excluding hydrogens is 404 g/mol. The molecule has 2 aromatic carbocycles. The Morgan fingerprint density at radius 3 is 2.33 bits per heavy atom. The SMILES string of the molecule is CC(C)(C)c1cc(-c2nc3cc4c(cc3o2)NC(C(C)(C)C)O4)cc(S(=O)(=O)O)c1. The zero-order valence-corrected chi connectivity index (χ0v) is 18.7. The first-order chi connectivity index (χ1) is 13.7. The van der Waals surface area contributed by atoms with E-state index in [4.69, 9.17) is 9.15 Å². The number of fused-ring (bicyclic) bond motifs is 2. The van der Waals surface area contributed by atoms with Crippen LogP contribution in [0.2, 0.25) is 0 Å². The number of rotatable bonds is 2. The van der Waals surface area contributed by atoms with Crippen LogP contribution >= 0.6 is 0 Å². The Balaban J connectivity index is 1.80. The molecule has 1 aromatic heterocycles. The van der Waals surface area contributed by atoms with Gasteiger partial charge < -0.3 is 14.5 Å². The van der Waals surface area contributed by atoms with Crippen LogP contribution in [0.15, 0.2) is 39.6 Å². The Kier molecular flexibility index (Phi) is 4.45. The lowest BCUT2D eigenvalue weighted by Gasteiger charge is -2.26. The Labute approximate surface area is 176 Å². The highest BCUT2D eigenvalue weighted by Crippen LogP contribution is 2.41. The number of hydrogen-bond acceptors (Lipinski definition) is 6. The fourth-order valence-corrected chi connectivity index (χ4v) is 3.84. The maximum atomic E-state index is 11.8. The maximum absolute atomic E-state index is 11.8. The van der Waals surface area contributed by atoms with Gasteiger partial charge in [0.25, 0.3) is 10.1 Å². The molecule has 4 rings (SSSR count). The second-order valence-electron chi connectivity index (χ2n) is 9.81. The van der Waals surface area contributed by atoms with Crippen molar-refractivity contribution in [2.45, 2.75) is 58.1 Å². The van der Waals surface area contributed by atoms with Crippen LogP contribution in [0.1, 0.15) is 47.1 Å². The van der Waals surface area contributed by atoms with E-state index < -0.39 is 10.1 Å². The molecule has 0 bridgehead atoms. The first kappa shape index (κ1) is 20.7. The summed E-state index contributed by atoms with van der Waals surface area (Å²) in [5.41, 5.74) is 2.80. The van der Waals surface area contributed by atoms with Crippen LogP contribution in [-0.4, -0.2) is 24.2 Å². The van der Waals surface area contributed by atoms with Crippen molar-refractivity contribution >= 4 is 26.9 Å². The summed E-state index contributed by atoms with van der Waals surface area (Å²) < 4.78 is 45.1. The largest absolute Gasteiger partial charge is 0.468 e. The number of nitrogens with one attached hydrogen (secondary N) is 1. The summed E-state index contributed by atoms with van der Waals surface area (Å²) in [6.07, 6.45) is -0.153. The van der Waals surface area contributed by atoms with E-state index in [0.29, 0.717) is 22.4 Å². The predicted octanol–water partition coefficient (Wildman–Crippen LogP) is 5.22. The van der Waals surface area contributed by atoms with Crippen LogP contribution in [0.3, 0.4) is 0 Å². The molecule has 7 nitrogen and oxygen atoms in total. The maximum Gasteiger partial charge on any atom is 0.294 e. The highest BCUT2D eigenvalue weighted by Gasteiger charge is 2.33. The quantitative estimate of drug-likeness (QED) is 0.538. The lowest BCUT2D eigenvalue weighted by Crippen LogP contribution is -2.35. The van der Waals surface area contributed by atoms with E-state index in [2.05, 4.69) is 31.1 Å². The highest BCUT2D eigenvalue weighted by molar-refractivity contribution is 7.85. The minimum absolute atomic E-state index is 0.0850. The summed E-state index contributed by atoms with van der Waals surface area (Å²) in [7, 11) is -4.37. The minimum atomic E-state index is -4.37. The number of nitrogens with zero attached hydrogens (tertiary/aromatic N) is 1. The van der Waals surface area contributed by atoms with Crippen molar-refractivity contribution in [2.24, 2.45) is 5.41 Å². The van der Waals surface area contributed by atoms with Crippen molar-refractivity contribution in [3.8, 4) is 17.2 Å². The van der Waals surface area contributed by atoms with Gasteiger partial charge in [-0.2, -0.15) is 8.42 Å².